The van der Waals surface area contributed by atoms with Gasteiger partial charge in [0.05, 0.1) is 28.3 Å². The van der Waals surface area contributed by atoms with E-state index in [-0.39, 0.29) is 17.5 Å². The Labute approximate surface area is 202 Å². The average molecular weight is 487 g/mol. The van der Waals surface area contributed by atoms with Gasteiger partial charge in [-0.05, 0) is 35.3 Å². The Morgan fingerprint density at radius 1 is 1.12 bits per heavy atom. The Morgan fingerprint density at radius 2 is 1.94 bits per heavy atom. The molecule has 0 unspecified atom stereocenters. The maximum atomic E-state index is 13.3. The summed E-state index contributed by atoms with van der Waals surface area (Å²) in [6.07, 6.45) is 3.28. The van der Waals surface area contributed by atoms with Crippen LogP contribution >= 0.6 is 23.1 Å². The number of pyridine rings is 1. The summed E-state index contributed by atoms with van der Waals surface area (Å²) in [7, 11) is 0. The summed E-state index contributed by atoms with van der Waals surface area (Å²) >= 11 is 7.72. The highest BCUT2D eigenvalue weighted by Gasteiger charge is 2.36. The minimum atomic E-state index is -0.565. The Kier molecular flexibility index (Phi) is 4.86. The van der Waals surface area contributed by atoms with E-state index in [4.69, 9.17) is 11.6 Å². The Morgan fingerprint density at radius 3 is 2.76 bits per heavy atom. The molecule has 0 saturated carbocycles. The number of anilines is 1. The van der Waals surface area contributed by atoms with Gasteiger partial charge in [-0.2, -0.15) is 9.47 Å². The van der Waals surface area contributed by atoms with Gasteiger partial charge in [0.2, 0.25) is 0 Å². The molecule has 0 saturated heterocycles. The molecule has 10 heteroatoms. The van der Waals surface area contributed by atoms with Crippen LogP contribution in [-0.4, -0.2) is 31.4 Å². The summed E-state index contributed by atoms with van der Waals surface area (Å²) in [5, 5.41) is 13.9. The average Bonchev–Trinajstić information content (AvgIpc) is 3.59. The number of nitrogens with one attached hydrogen (secondary N) is 3. The number of aromatic amines is 1. The molecule has 0 radical (unpaired) electrons. The van der Waals surface area contributed by atoms with Gasteiger partial charge < -0.3 is 10.6 Å². The molecule has 0 bridgehead atoms. The summed E-state index contributed by atoms with van der Waals surface area (Å²) in [5.74, 6) is -0.721. The fourth-order valence-electron chi connectivity index (χ4n) is 4.11. The Bertz CT molecular complexity index is 1580. The smallest absolute Gasteiger partial charge is 0.276 e. The topological polar surface area (TPSA) is 113 Å². The highest BCUT2D eigenvalue weighted by molar-refractivity contribution is 7.13. The summed E-state index contributed by atoms with van der Waals surface area (Å²) in [5.41, 5.74) is 3.45. The van der Waals surface area contributed by atoms with Gasteiger partial charge in [0, 0.05) is 27.7 Å². The quantitative estimate of drug-likeness (QED) is 0.337. The second-order valence-corrected chi connectivity index (χ2v) is 8.93. The SMILES string of the molecule is O=C1N[C@@H](c2ccccc2Cl)c2c(NC(=O)c3nsc4ccccc34)cc(-c3cn[nH]c3)nc21. The fraction of sp³-hybridized carbons (Fsp3) is 0.0417. The second kappa shape index (κ2) is 8.05. The predicted molar refractivity (Wildman–Crippen MR) is 130 cm³/mol. The normalized spacial score (nSPS) is 14.7. The van der Waals surface area contributed by atoms with Gasteiger partial charge in [0.1, 0.15) is 11.4 Å². The number of rotatable bonds is 4. The van der Waals surface area contributed by atoms with Crippen LogP contribution in [-0.2, 0) is 0 Å². The van der Waals surface area contributed by atoms with Crippen molar-refractivity contribution >= 4 is 50.7 Å². The van der Waals surface area contributed by atoms with Crippen LogP contribution in [0.4, 0.5) is 5.69 Å². The molecule has 0 fully saturated rings. The van der Waals surface area contributed by atoms with Crippen LogP contribution in [0.15, 0.2) is 67.0 Å². The summed E-state index contributed by atoms with van der Waals surface area (Å²) in [4.78, 5) is 30.9. The van der Waals surface area contributed by atoms with E-state index in [1.807, 2.05) is 42.5 Å². The summed E-state index contributed by atoms with van der Waals surface area (Å²) in [6.45, 7) is 0. The van der Waals surface area contributed by atoms with Crippen molar-refractivity contribution in [3.8, 4) is 11.3 Å². The van der Waals surface area contributed by atoms with Crippen molar-refractivity contribution in [3.05, 3.63) is 94.5 Å². The third kappa shape index (κ3) is 3.33. The zero-order valence-corrected chi connectivity index (χ0v) is 18.9. The van der Waals surface area contributed by atoms with Crippen LogP contribution in [0.3, 0.4) is 0 Å². The van der Waals surface area contributed by atoms with Crippen LogP contribution in [0.5, 0.6) is 0 Å². The number of hydrogen-bond acceptors (Lipinski definition) is 6. The van der Waals surface area contributed by atoms with Gasteiger partial charge in [0.25, 0.3) is 11.8 Å². The Hall–Kier alpha value is -4.08. The molecule has 1 aliphatic rings. The number of fused-ring (bicyclic) bond motifs is 2. The predicted octanol–water partition coefficient (Wildman–Crippen LogP) is 4.82. The molecule has 166 valence electrons. The van der Waals surface area contributed by atoms with Gasteiger partial charge in [-0.3, -0.25) is 14.7 Å². The van der Waals surface area contributed by atoms with Crippen molar-refractivity contribution in [1.29, 1.82) is 0 Å². The van der Waals surface area contributed by atoms with Gasteiger partial charge in [-0.1, -0.05) is 48.0 Å². The molecule has 1 aliphatic heterocycles. The number of hydrogen-bond donors (Lipinski definition) is 3. The third-order valence-electron chi connectivity index (χ3n) is 5.69. The maximum Gasteiger partial charge on any atom is 0.276 e. The lowest BCUT2D eigenvalue weighted by atomic mass is 9.97. The van der Waals surface area contributed by atoms with Crippen molar-refractivity contribution in [2.24, 2.45) is 0 Å². The number of halogens is 1. The van der Waals surface area contributed by atoms with Gasteiger partial charge in [-0.25, -0.2) is 4.98 Å². The van der Waals surface area contributed by atoms with E-state index in [0.717, 1.165) is 10.1 Å². The van der Waals surface area contributed by atoms with E-state index < -0.39 is 6.04 Å². The minimum Gasteiger partial charge on any atom is -0.340 e. The minimum absolute atomic E-state index is 0.224. The number of aromatic nitrogens is 4. The number of benzene rings is 2. The second-order valence-electron chi connectivity index (χ2n) is 7.71. The van der Waals surface area contributed by atoms with Crippen LogP contribution in [0.25, 0.3) is 21.3 Å². The fourth-order valence-corrected chi connectivity index (χ4v) is 5.13. The largest absolute Gasteiger partial charge is 0.340 e. The lowest BCUT2D eigenvalue weighted by molar-refractivity contribution is 0.0955. The highest BCUT2D eigenvalue weighted by atomic mass is 35.5. The van der Waals surface area contributed by atoms with Crippen molar-refractivity contribution in [2.45, 2.75) is 6.04 Å². The van der Waals surface area contributed by atoms with Crippen LogP contribution < -0.4 is 10.6 Å². The molecule has 2 aromatic carbocycles. The first kappa shape index (κ1) is 20.5. The van der Waals surface area contributed by atoms with E-state index in [0.29, 0.717) is 38.8 Å². The number of H-pyrrole nitrogens is 1. The number of carbonyl (C=O) groups excluding carboxylic acids is 2. The number of nitrogens with zero attached hydrogens (tertiary/aromatic N) is 3. The Balaban J connectivity index is 1.50. The van der Waals surface area contributed by atoms with E-state index in [1.54, 1.807) is 24.5 Å². The van der Waals surface area contributed by atoms with Crippen molar-refractivity contribution in [3.63, 3.8) is 0 Å². The van der Waals surface area contributed by atoms with Crippen molar-refractivity contribution < 1.29 is 9.59 Å². The van der Waals surface area contributed by atoms with Gasteiger partial charge in [0.15, 0.2) is 0 Å². The molecule has 0 aliphatic carbocycles. The first-order valence-corrected chi connectivity index (χ1v) is 11.5. The van der Waals surface area contributed by atoms with Crippen molar-refractivity contribution in [2.75, 3.05) is 5.32 Å². The zero-order chi connectivity index (χ0) is 23.2. The lowest BCUT2D eigenvalue weighted by Crippen LogP contribution is -2.21. The van der Waals surface area contributed by atoms with Crippen LogP contribution in [0.2, 0.25) is 5.02 Å². The molecule has 3 aromatic heterocycles. The molecule has 6 rings (SSSR count). The molecule has 34 heavy (non-hydrogen) atoms. The van der Waals surface area contributed by atoms with E-state index in [1.165, 1.54) is 11.5 Å². The third-order valence-corrected chi connectivity index (χ3v) is 6.86. The van der Waals surface area contributed by atoms with Crippen LogP contribution in [0, 0.1) is 0 Å². The van der Waals surface area contributed by atoms with Crippen LogP contribution in [0.1, 0.15) is 38.1 Å². The zero-order valence-electron chi connectivity index (χ0n) is 17.4. The van der Waals surface area contributed by atoms with Gasteiger partial charge >= 0.3 is 0 Å². The number of carbonyl (C=O) groups is 2. The molecule has 3 N–H and O–H groups in total. The van der Waals surface area contributed by atoms with Crippen molar-refractivity contribution in [1.82, 2.24) is 24.9 Å². The molecule has 1 atom stereocenters. The number of amides is 2. The molecule has 0 spiro atoms. The molecule has 4 heterocycles. The molecule has 5 aromatic rings. The molecule has 8 nitrogen and oxygen atoms in total. The summed E-state index contributed by atoms with van der Waals surface area (Å²) < 4.78 is 5.27. The molecular formula is C24H15ClN6O2S. The monoisotopic (exact) mass is 486 g/mol. The molecular weight excluding hydrogens is 472 g/mol. The summed E-state index contributed by atoms with van der Waals surface area (Å²) in [6, 6.07) is 16.0. The standard InChI is InChI=1S/C24H15ClN6O2S/c25-15-7-3-1-5-13(15)20-19-17(29-23(32)21-14-6-2-4-8-18(14)34-31-21)9-16(12-10-26-27-11-12)28-22(19)24(33)30-20/h1-11,20H,(H,26,27)(H,30,33)(H,28,29,32)/t20-/m0/s1. The first-order chi connectivity index (χ1) is 16.6. The van der Waals surface area contributed by atoms with E-state index in [2.05, 4.69) is 30.2 Å². The highest BCUT2D eigenvalue weighted by Crippen LogP contribution is 2.40. The first-order valence-electron chi connectivity index (χ1n) is 10.4. The van der Waals surface area contributed by atoms with E-state index >= 15 is 0 Å². The maximum absolute atomic E-state index is 13.3. The lowest BCUT2D eigenvalue weighted by Gasteiger charge is -2.18. The van der Waals surface area contributed by atoms with E-state index in [9.17, 15) is 9.59 Å². The molecule has 2 amide bonds. The van der Waals surface area contributed by atoms with Gasteiger partial charge in [-0.15, -0.1) is 0 Å².